The zero-order chi connectivity index (χ0) is 16.1. The lowest BCUT2D eigenvalue weighted by Crippen LogP contribution is -2.22. The van der Waals surface area contributed by atoms with Gasteiger partial charge in [-0.15, -0.1) is 0 Å². The largest absolute Gasteiger partial charge is 0.320 e. The van der Waals surface area contributed by atoms with E-state index in [1.165, 1.54) is 0 Å². The van der Waals surface area contributed by atoms with Crippen LogP contribution in [0.25, 0.3) is 0 Å². The van der Waals surface area contributed by atoms with Crippen LogP contribution in [0.1, 0.15) is 11.1 Å². The predicted molar refractivity (Wildman–Crippen MR) is 84.2 cm³/mol. The third kappa shape index (κ3) is 6.62. The molecule has 116 valence electrons. The van der Waals surface area contributed by atoms with E-state index in [4.69, 9.17) is 5.73 Å². The molecule has 0 atom stereocenters. The molecule has 0 saturated carbocycles. The summed E-state index contributed by atoms with van der Waals surface area (Å²) in [5.41, 5.74) is 7.22. The molecule has 6 nitrogen and oxygen atoms in total. The fourth-order valence-corrected chi connectivity index (χ4v) is 4.13. The van der Waals surface area contributed by atoms with Crippen molar-refractivity contribution in [3.8, 4) is 11.8 Å². The minimum atomic E-state index is -3.72. The summed E-state index contributed by atoms with van der Waals surface area (Å²) < 4.78 is 48.0. The van der Waals surface area contributed by atoms with Crippen LogP contribution in [0, 0.1) is 18.8 Å². The lowest BCUT2D eigenvalue weighted by atomic mass is 10.1. The van der Waals surface area contributed by atoms with Crippen molar-refractivity contribution in [2.24, 2.45) is 5.73 Å². The first-order valence-electron chi connectivity index (χ1n) is 6.11. The number of aryl methyl sites for hydroxylation is 1. The predicted octanol–water partition coefficient (Wildman–Crippen LogP) is 0.0915. The molecule has 0 aliphatic carbocycles. The van der Waals surface area contributed by atoms with Gasteiger partial charge in [0.15, 0.2) is 0 Å². The monoisotopic (exact) mass is 330 g/mol. The Labute approximate surface area is 125 Å². The molecule has 1 aromatic rings. The highest BCUT2D eigenvalue weighted by Crippen LogP contribution is 2.16. The molecule has 0 amide bonds. The van der Waals surface area contributed by atoms with Crippen LogP contribution in [0.3, 0.4) is 0 Å². The Kier molecular flexibility index (Phi) is 5.78. The second-order valence-electron chi connectivity index (χ2n) is 4.59. The number of nitrogens with two attached hydrogens (primary N) is 1. The van der Waals surface area contributed by atoms with Gasteiger partial charge in [-0.2, -0.15) is 0 Å². The Hall–Kier alpha value is -1.56. The third-order valence-electron chi connectivity index (χ3n) is 2.56. The van der Waals surface area contributed by atoms with Crippen molar-refractivity contribution in [2.45, 2.75) is 6.92 Å². The van der Waals surface area contributed by atoms with Gasteiger partial charge in [0.05, 0.1) is 18.1 Å². The van der Waals surface area contributed by atoms with Crippen LogP contribution >= 0.6 is 0 Å². The lowest BCUT2D eigenvalue weighted by Gasteiger charge is -2.09. The van der Waals surface area contributed by atoms with Crippen molar-refractivity contribution in [3.05, 3.63) is 29.3 Å². The molecule has 21 heavy (non-hydrogen) atoms. The van der Waals surface area contributed by atoms with Crippen LogP contribution in [0.2, 0.25) is 0 Å². The van der Waals surface area contributed by atoms with Gasteiger partial charge in [-0.3, -0.25) is 4.72 Å². The van der Waals surface area contributed by atoms with Gasteiger partial charge in [-0.25, -0.2) is 16.8 Å². The number of sulfonamides is 1. The van der Waals surface area contributed by atoms with Gasteiger partial charge in [0, 0.05) is 17.5 Å². The average Bonchev–Trinajstić information content (AvgIpc) is 2.36. The van der Waals surface area contributed by atoms with E-state index in [-0.39, 0.29) is 6.54 Å². The van der Waals surface area contributed by atoms with Crippen LogP contribution in [-0.2, 0) is 19.9 Å². The van der Waals surface area contributed by atoms with E-state index in [0.717, 1.165) is 11.8 Å². The Morgan fingerprint density at radius 2 is 1.86 bits per heavy atom. The van der Waals surface area contributed by atoms with E-state index in [1.807, 2.05) is 6.92 Å². The van der Waals surface area contributed by atoms with Crippen molar-refractivity contribution in [3.63, 3.8) is 0 Å². The molecule has 0 heterocycles. The molecular weight excluding hydrogens is 312 g/mol. The summed E-state index contributed by atoms with van der Waals surface area (Å²) >= 11 is 0. The summed E-state index contributed by atoms with van der Waals surface area (Å²) in [4.78, 5) is 0. The van der Waals surface area contributed by atoms with Gasteiger partial charge < -0.3 is 5.73 Å². The molecule has 8 heteroatoms. The Morgan fingerprint density at radius 3 is 2.43 bits per heavy atom. The summed E-state index contributed by atoms with van der Waals surface area (Å²) in [5, 5.41) is 0. The summed E-state index contributed by atoms with van der Waals surface area (Å²) in [5.74, 6) is 4.65. The fourth-order valence-electron chi connectivity index (χ4n) is 1.46. The van der Waals surface area contributed by atoms with E-state index in [0.29, 0.717) is 11.3 Å². The van der Waals surface area contributed by atoms with Gasteiger partial charge in [-0.05, 0) is 24.6 Å². The van der Waals surface area contributed by atoms with E-state index >= 15 is 0 Å². The van der Waals surface area contributed by atoms with Crippen LogP contribution in [0.15, 0.2) is 18.2 Å². The van der Waals surface area contributed by atoms with Crippen LogP contribution in [0.5, 0.6) is 0 Å². The lowest BCUT2D eigenvalue weighted by molar-refractivity contribution is 0.593. The zero-order valence-electron chi connectivity index (χ0n) is 11.9. The molecule has 0 saturated heterocycles. The smallest absolute Gasteiger partial charge is 0.233 e. The molecule has 0 radical (unpaired) electrons. The van der Waals surface area contributed by atoms with Crippen LogP contribution in [0.4, 0.5) is 5.69 Å². The molecule has 1 rings (SSSR count). The number of rotatable bonds is 5. The van der Waals surface area contributed by atoms with Crippen molar-refractivity contribution in [2.75, 3.05) is 29.0 Å². The summed E-state index contributed by atoms with van der Waals surface area (Å²) in [6, 6.07) is 4.92. The maximum absolute atomic E-state index is 11.8. The SMILES string of the molecule is Cc1ccc(NS(=O)(=O)CCS(C)(=O)=O)cc1C#CCN. The number of sulfone groups is 1. The second kappa shape index (κ2) is 6.93. The van der Waals surface area contributed by atoms with Gasteiger partial charge in [-0.1, -0.05) is 17.9 Å². The molecule has 0 spiro atoms. The zero-order valence-corrected chi connectivity index (χ0v) is 13.5. The molecule has 0 unspecified atom stereocenters. The Balaban J connectivity index is 2.92. The number of anilines is 1. The number of hydrogen-bond donors (Lipinski definition) is 2. The Bertz CT molecular complexity index is 772. The molecule has 0 fully saturated rings. The average molecular weight is 330 g/mol. The van der Waals surface area contributed by atoms with Gasteiger partial charge in [0.2, 0.25) is 10.0 Å². The fraction of sp³-hybridized carbons (Fsp3) is 0.385. The molecule has 0 aromatic heterocycles. The van der Waals surface area contributed by atoms with E-state index in [9.17, 15) is 16.8 Å². The first-order valence-corrected chi connectivity index (χ1v) is 9.82. The quantitative estimate of drug-likeness (QED) is 0.744. The molecule has 3 N–H and O–H groups in total. The van der Waals surface area contributed by atoms with Gasteiger partial charge >= 0.3 is 0 Å². The summed E-state index contributed by atoms with van der Waals surface area (Å²) in [6.45, 7) is 2.06. The first-order chi connectivity index (χ1) is 9.63. The minimum absolute atomic E-state index is 0.212. The minimum Gasteiger partial charge on any atom is -0.320 e. The van der Waals surface area contributed by atoms with Crippen molar-refractivity contribution >= 4 is 25.5 Å². The molecule has 1 aromatic carbocycles. The van der Waals surface area contributed by atoms with Crippen LogP contribution < -0.4 is 10.5 Å². The number of hydrogen-bond acceptors (Lipinski definition) is 5. The van der Waals surface area contributed by atoms with E-state index in [1.54, 1.807) is 18.2 Å². The number of benzene rings is 1. The molecular formula is C13H18N2O4S2. The van der Waals surface area contributed by atoms with Crippen molar-refractivity contribution < 1.29 is 16.8 Å². The Morgan fingerprint density at radius 1 is 1.19 bits per heavy atom. The normalized spacial score (nSPS) is 11.6. The highest BCUT2D eigenvalue weighted by atomic mass is 32.2. The first kappa shape index (κ1) is 17.5. The maximum Gasteiger partial charge on any atom is 0.233 e. The second-order valence-corrected chi connectivity index (χ2v) is 8.69. The summed E-state index contributed by atoms with van der Waals surface area (Å²) in [6.07, 6.45) is 0.995. The standard InChI is InChI=1S/C13H18N2O4S2/c1-11-5-6-13(10-12(11)4-3-7-14)15-21(18,19)9-8-20(2,16)17/h5-6,10,15H,7-9,14H2,1-2H3. The summed E-state index contributed by atoms with van der Waals surface area (Å²) in [7, 11) is -7.05. The molecule has 0 aliphatic rings. The van der Waals surface area contributed by atoms with Crippen molar-refractivity contribution in [1.29, 1.82) is 0 Å². The third-order valence-corrected chi connectivity index (χ3v) is 5.05. The van der Waals surface area contributed by atoms with Gasteiger partial charge in [0.25, 0.3) is 0 Å². The van der Waals surface area contributed by atoms with E-state index < -0.39 is 31.4 Å². The molecule has 0 aliphatic heterocycles. The van der Waals surface area contributed by atoms with E-state index in [2.05, 4.69) is 16.6 Å². The topological polar surface area (TPSA) is 106 Å². The maximum atomic E-state index is 11.8. The molecule has 0 bridgehead atoms. The van der Waals surface area contributed by atoms with Crippen molar-refractivity contribution in [1.82, 2.24) is 0 Å². The number of nitrogens with one attached hydrogen (secondary N) is 1. The highest BCUT2D eigenvalue weighted by molar-refractivity contribution is 7.95. The van der Waals surface area contributed by atoms with Gasteiger partial charge in [0.1, 0.15) is 9.84 Å². The van der Waals surface area contributed by atoms with Crippen LogP contribution in [-0.4, -0.2) is 41.1 Å². The highest BCUT2D eigenvalue weighted by Gasteiger charge is 2.14.